The van der Waals surface area contributed by atoms with Gasteiger partial charge in [0.25, 0.3) is 0 Å². The van der Waals surface area contributed by atoms with Crippen LogP contribution in [0.2, 0.25) is 5.02 Å². The number of benzene rings is 1. The fraction of sp³-hybridized carbons (Fsp3) is 0.286. The summed E-state index contributed by atoms with van der Waals surface area (Å²) in [5.41, 5.74) is 2.20. The van der Waals surface area contributed by atoms with Crippen LogP contribution in [0.4, 0.5) is 0 Å². The first-order valence-electron chi connectivity index (χ1n) is 6.01. The van der Waals surface area contributed by atoms with E-state index in [4.69, 9.17) is 21.1 Å². The first-order chi connectivity index (χ1) is 9.25. The second-order valence-corrected chi connectivity index (χ2v) is 6.39. The highest BCUT2D eigenvalue weighted by molar-refractivity contribution is 9.09. The molecule has 1 unspecified atom stereocenters. The van der Waals surface area contributed by atoms with Crippen molar-refractivity contribution < 1.29 is 9.47 Å². The van der Waals surface area contributed by atoms with Crippen molar-refractivity contribution in [1.29, 1.82) is 0 Å². The van der Waals surface area contributed by atoms with Gasteiger partial charge in [-0.3, -0.25) is 0 Å². The number of alkyl halides is 1. The molecule has 0 aliphatic carbocycles. The normalized spacial score (nSPS) is 15.9. The zero-order chi connectivity index (χ0) is 13.2. The Morgan fingerprint density at radius 1 is 1.21 bits per heavy atom. The smallest absolute Gasteiger partial charge is 0.162 e. The lowest BCUT2D eigenvalue weighted by Crippen LogP contribution is -1.97. The van der Waals surface area contributed by atoms with Gasteiger partial charge in [-0.2, -0.15) is 11.3 Å². The summed E-state index contributed by atoms with van der Waals surface area (Å²) >= 11 is 11.7. The van der Waals surface area contributed by atoms with E-state index in [2.05, 4.69) is 32.8 Å². The summed E-state index contributed by atoms with van der Waals surface area (Å²) in [5, 5.41) is 4.86. The highest BCUT2D eigenvalue weighted by Crippen LogP contribution is 2.42. The summed E-state index contributed by atoms with van der Waals surface area (Å²) in [6, 6.07) is 5.90. The lowest BCUT2D eigenvalue weighted by Gasteiger charge is -2.15. The van der Waals surface area contributed by atoms with Crippen LogP contribution in [0, 0.1) is 0 Å². The van der Waals surface area contributed by atoms with E-state index in [-0.39, 0.29) is 4.83 Å². The largest absolute Gasteiger partial charge is 0.490 e. The molecule has 19 heavy (non-hydrogen) atoms. The summed E-state index contributed by atoms with van der Waals surface area (Å²) in [7, 11) is 0. The molecule has 1 aliphatic heterocycles. The van der Waals surface area contributed by atoms with E-state index in [9.17, 15) is 0 Å². The van der Waals surface area contributed by atoms with E-state index in [1.807, 2.05) is 12.1 Å². The maximum atomic E-state index is 6.36. The van der Waals surface area contributed by atoms with E-state index in [0.29, 0.717) is 18.2 Å². The van der Waals surface area contributed by atoms with Crippen molar-refractivity contribution in [2.75, 3.05) is 13.2 Å². The van der Waals surface area contributed by atoms with Crippen molar-refractivity contribution in [1.82, 2.24) is 0 Å². The van der Waals surface area contributed by atoms with E-state index < -0.39 is 0 Å². The molecule has 0 saturated heterocycles. The Kier molecular flexibility index (Phi) is 4.01. The molecule has 2 nitrogen and oxygen atoms in total. The van der Waals surface area contributed by atoms with Gasteiger partial charge in [-0.15, -0.1) is 0 Å². The van der Waals surface area contributed by atoms with Crippen LogP contribution in [0.1, 0.15) is 22.4 Å². The van der Waals surface area contributed by atoms with Crippen LogP contribution in [0.15, 0.2) is 29.0 Å². The van der Waals surface area contributed by atoms with Gasteiger partial charge in [0, 0.05) is 17.5 Å². The van der Waals surface area contributed by atoms with E-state index in [1.165, 1.54) is 5.56 Å². The summed E-state index contributed by atoms with van der Waals surface area (Å²) in [4.78, 5) is 0.0726. The fourth-order valence-electron chi connectivity index (χ4n) is 1.99. The molecule has 0 radical (unpaired) electrons. The van der Waals surface area contributed by atoms with E-state index >= 15 is 0 Å². The Labute approximate surface area is 129 Å². The van der Waals surface area contributed by atoms with Crippen molar-refractivity contribution in [3.63, 3.8) is 0 Å². The highest BCUT2D eigenvalue weighted by atomic mass is 79.9. The predicted molar refractivity (Wildman–Crippen MR) is 82.1 cm³/mol. The maximum Gasteiger partial charge on any atom is 0.162 e. The Balaban J connectivity index is 2.00. The topological polar surface area (TPSA) is 18.5 Å². The monoisotopic (exact) mass is 358 g/mol. The van der Waals surface area contributed by atoms with Crippen molar-refractivity contribution >= 4 is 38.9 Å². The molecule has 0 bridgehead atoms. The number of fused-ring (bicyclic) bond motifs is 1. The Morgan fingerprint density at radius 2 is 1.95 bits per heavy atom. The van der Waals surface area contributed by atoms with Gasteiger partial charge in [-0.1, -0.05) is 27.5 Å². The third-order valence-corrected chi connectivity index (χ3v) is 5.03. The van der Waals surface area contributed by atoms with Crippen molar-refractivity contribution in [3.8, 4) is 11.5 Å². The van der Waals surface area contributed by atoms with Crippen molar-refractivity contribution in [2.24, 2.45) is 0 Å². The van der Waals surface area contributed by atoms with Crippen LogP contribution in [0.3, 0.4) is 0 Å². The molecule has 0 spiro atoms. The van der Waals surface area contributed by atoms with Crippen LogP contribution in [-0.4, -0.2) is 13.2 Å². The highest BCUT2D eigenvalue weighted by Gasteiger charge is 2.19. The van der Waals surface area contributed by atoms with Gasteiger partial charge in [0.05, 0.1) is 18.0 Å². The van der Waals surface area contributed by atoms with E-state index in [1.54, 1.807) is 11.3 Å². The molecule has 1 aromatic heterocycles. The Hall–Kier alpha value is -0.710. The molecule has 2 aromatic rings. The fourth-order valence-corrected chi connectivity index (χ4v) is 3.91. The minimum absolute atomic E-state index is 0.0726. The molecule has 0 amide bonds. The Morgan fingerprint density at radius 3 is 2.63 bits per heavy atom. The van der Waals surface area contributed by atoms with Gasteiger partial charge >= 0.3 is 0 Å². The predicted octanol–water partition coefficient (Wildman–Crippen LogP) is 5.05. The van der Waals surface area contributed by atoms with Gasteiger partial charge in [0.15, 0.2) is 11.5 Å². The molecule has 0 N–H and O–H groups in total. The average molecular weight is 360 g/mol. The van der Waals surface area contributed by atoms with Crippen LogP contribution in [0.25, 0.3) is 0 Å². The lowest BCUT2D eigenvalue weighted by atomic mass is 10.1. The third kappa shape index (κ3) is 2.76. The molecule has 5 heteroatoms. The molecule has 2 heterocycles. The first kappa shape index (κ1) is 13.3. The Bertz CT molecular complexity index is 571. The summed E-state index contributed by atoms with van der Waals surface area (Å²) in [5.74, 6) is 1.51. The molecule has 1 aliphatic rings. The molecule has 0 fully saturated rings. The molecule has 1 atom stereocenters. The van der Waals surface area contributed by atoms with Crippen molar-refractivity contribution in [3.05, 3.63) is 45.1 Å². The van der Waals surface area contributed by atoms with Gasteiger partial charge in [-0.05, 0) is 34.0 Å². The first-order valence-corrected chi connectivity index (χ1v) is 8.24. The standard InChI is InChI=1S/C14H12BrClO2S/c15-14(9-2-5-19-8-9)10-6-12-13(7-11(10)16)18-4-1-3-17-12/h2,5-8,14H,1,3-4H2. The van der Waals surface area contributed by atoms with Gasteiger partial charge in [-0.25, -0.2) is 0 Å². The average Bonchev–Trinajstić information content (AvgIpc) is 2.84. The van der Waals surface area contributed by atoms with Crippen molar-refractivity contribution in [2.45, 2.75) is 11.2 Å². The van der Waals surface area contributed by atoms with Gasteiger partial charge < -0.3 is 9.47 Å². The van der Waals surface area contributed by atoms with Gasteiger partial charge in [0.2, 0.25) is 0 Å². The number of thiophene rings is 1. The minimum atomic E-state index is 0.0726. The zero-order valence-electron chi connectivity index (χ0n) is 10.1. The zero-order valence-corrected chi connectivity index (χ0v) is 13.2. The van der Waals surface area contributed by atoms with Crippen LogP contribution < -0.4 is 9.47 Å². The lowest BCUT2D eigenvalue weighted by molar-refractivity contribution is 0.297. The molecule has 0 saturated carbocycles. The van der Waals surface area contributed by atoms with Gasteiger partial charge in [0.1, 0.15) is 0 Å². The second-order valence-electron chi connectivity index (χ2n) is 4.29. The number of hydrogen-bond acceptors (Lipinski definition) is 3. The van der Waals surface area contributed by atoms with Crippen LogP contribution in [0.5, 0.6) is 11.5 Å². The summed E-state index contributed by atoms with van der Waals surface area (Å²) in [6.07, 6.45) is 0.893. The van der Waals surface area contributed by atoms with E-state index in [0.717, 1.165) is 23.5 Å². The number of rotatable bonds is 2. The quantitative estimate of drug-likeness (QED) is 0.699. The van der Waals surface area contributed by atoms with Crippen LogP contribution >= 0.6 is 38.9 Å². The molecule has 1 aromatic carbocycles. The summed E-state index contributed by atoms with van der Waals surface area (Å²) < 4.78 is 11.3. The maximum absolute atomic E-state index is 6.36. The molecular weight excluding hydrogens is 348 g/mol. The number of hydrogen-bond donors (Lipinski definition) is 0. The molecule has 3 rings (SSSR count). The molecular formula is C14H12BrClO2S. The number of ether oxygens (including phenoxy) is 2. The summed E-state index contributed by atoms with van der Waals surface area (Å²) in [6.45, 7) is 1.35. The molecule has 100 valence electrons. The van der Waals surface area contributed by atoms with Crippen LogP contribution in [-0.2, 0) is 0 Å². The SMILES string of the molecule is Clc1cc2c(cc1C(Br)c1ccsc1)OCCCO2. The second kappa shape index (κ2) is 5.73. The third-order valence-electron chi connectivity index (χ3n) is 2.98. The number of halogens is 2. The minimum Gasteiger partial charge on any atom is -0.490 e.